The molecule has 0 saturated heterocycles. The van der Waals surface area contributed by atoms with Crippen molar-refractivity contribution in [2.45, 2.75) is 34.1 Å². The van der Waals surface area contributed by atoms with Gasteiger partial charge in [-0.25, -0.2) is 0 Å². The molecule has 0 amide bonds. The second-order valence-electron chi connectivity index (χ2n) is 3.96. The molecule has 0 heterocycles. The van der Waals surface area contributed by atoms with Crippen LogP contribution in [0.25, 0.3) is 0 Å². The molecule has 0 aliphatic heterocycles. The predicted octanol–water partition coefficient (Wildman–Crippen LogP) is 1.83. The molecule has 0 aromatic heterocycles. The average molecular weight is 171 g/mol. The molecule has 0 rings (SSSR count). The first kappa shape index (κ1) is 11.6. The van der Waals surface area contributed by atoms with Crippen LogP contribution < -0.4 is 5.73 Å². The molecule has 12 heavy (non-hydrogen) atoms. The van der Waals surface area contributed by atoms with Gasteiger partial charge < -0.3 is 10.5 Å². The minimum Gasteiger partial charge on any atom is -0.330 e. The number of carbonyl (C=O) groups excluding carboxylic acids is 1. The lowest BCUT2D eigenvalue weighted by Crippen LogP contribution is -2.24. The smallest absolute Gasteiger partial charge is 0.130 e. The van der Waals surface area contributed by atoms with E-state index in [4.69, 9.17) is 5.73 Å². The summed E-state index contributed by atoms with van der Waals surface area (Å²) in [5.41, 5.74) is 5.56. The summed E-state index contributed by atoms with van der Waals surface area (Å²) in [6.45, 7) is 8.80. The van der Waals surface area contributed by atoms with Gasteiger partial charge in [0, 0.05) is 6.42 Å². The van der Waals surface area contributed by atoms with Gasteiger partial charge in [-0.15, -0.1) is 0 Å². The fraction of sp³-hybridized carbons (Fsp3) is 0.900. The Kier molecular flexibility index (Phi) is 5.14. The summed E-state index contributed by atoms with van der Waals surface area (Å²) in [7, 11) is 0. The predicted molar refractivity (Wildman–Crippen MR) is 51.8 cm³/mol. The lowest BCUT2D eigenvalue weighted by Gasteiger charge is -2.24. The standard InChI is InChI=1S/C10H21NO/c1-7(5-9(3)12)10(4)8(2)6-11/h7-8,10H,5-6,11H2,1-4H3. The summed E-state index contributed by atoms with van der Waals surface area (Å²) in [6.07, 6.45) is 0.686. The first-order valence-electron chi connectivity index (χ1n) is 4.68. The van der Waals surface area contributed by atoms with Crippen LogP contribution >= 0.6 is 0 Å². The van der Waals surface area contributed by atoms with Crippen LogP contribution in [0.1, 0.15) is 34.1 Å². The highest BCUT2D eigenvalue weighted by Crippen LogP contribution is 2.22. The molecule has 0 aromatic carbocycles. The summed E-state index contributed by atoms with van der Waals surface area (Å²) < 4.78 is 0. The molecule has 0 aromatic rings. The van der Waals surface area contributed by atoms with E-state index in [0.717, 1.165) is 0 Å². The summed E-state index contributed by atoms with van der Waals surface area (Å²) in [6, 6.07) is 0. The van der Waals surface area contributed by atoms with Crippen molar-refractivity contribution in [1.29, 1.82) is 0 Å². The van der Waals surface area contributed by atoms with Gasteiger partial charge >= 0.3 is 0 Å². The highest BCUT2D eigenvalue weighted by Gasteiger charge is 2.18. The number of nitrogens with two attached hydrogens (primary N) is 1. The molecule has 2 nitrogen and oxygen atoms in total. The van der Waals surface area contributed by atoms with E-state index in [1.165, 1.54) is 0 Å². The van der Waals surface area contributed by atoms with Crippen molar-refractivity contribution in [2.24, 2.45) is 23.5 Å². The number of ketones is 1. The molecule has 2 N–H and O–H groups in total. The van der Waals surface area contributed by atoms with Crippen molar-refractivity contribution in [3.05, 3.63) is 0 Å². The molecular formula is C10H21NO. The van der Waals surface area contributed by atoms with E-state index in [2.05, 4.69) is 20.8 Å². The number of hydrogen-bond donors (Lipinski definition) is 1. The van der Waals surface area contributed by atoms with Crippen LogP contribution in [0.4, 0.5) is 0 Å². The van der Waals surface area contributed by atoms with Gasteiger partial charge in [-0.2, -0.15) is 0 Å². The van der Waals surface area contributed by atoms with Crippen molar-refractivity contribution in [3.8, 4) is 0 Å². The Labute approximate surface area is 75.5 Å². The van der Waals surface area contributed by atoms with Gasteiger partial charge in [0.25, 0.3) is 0 Å². The highest BCUT2D eigenvalue weighted by atomic mass is 16.1. The Morgan fingerprint density at radius 2 is 1.75 bits per heavy atom. The molecule has 0 bridgehead atoms. The summed E-state index contributed by atoms with van der Waals surface area (Å²) in [5, 5.41) is 0. The zero-order chi connectivity index (χ0) is 9.72. The lowest BCUT2D eigenvalue weighted by atomic mass is 9.82. The molecule has 0 aliphatic carbocycles. The Hall–Kier alpha value is -0.370. The molecule has 0 radical (unpaired) electrons. The molecule has 72 valence electrons. The van der Waals surface area contributed by atoms with E-state index in [1.54, 1.807) is 6.92 Å². The number of hydrogen-bond acceptors (Lipinski definition) is 2. The van der Waals surface area contributed by atoms with Gasteiger partial charge in [0.2, 0.25) is 0 Å². The van der Waals surface area contributed by atoms with Crippen LogP contribution in [0, 0.1) is 17.8 Å². The van der Waals surface area contributed by atoms with Gasteiger partial charge in [-0.3, -0.25) is 0 Å². The maximum absolute atomic E-state index is 10.8. The fourth-order valence-corrected chi connectivity index (χ4v) is 1.41. The molecule has 0 fully saturated rings. The van der Waals surface area contributed by atoms with Gasteiger partial charge in [0.1, 0.15) is 5.78 Å². The molecule has 3 unspecified atom stereocenters. The maximum atomic E-state index is 10.8. The van der Waals surface area contributed by atoms with E-state index in [0.29, 0.717) is 30.7 Å². The van der Waals surface area contributed by atoms with Crippen LogP contribution in [0.5, 0.6) is 0 Å². The van der Waals surface area contributed by atoms with Crippen molar-refractivity contribution in [3.63, 3.8) is 0 Å². The quantitative estimate of drug-likeness (QED) is 0.685. The monoisotopic (exact) mass is 171 g/mol. The van der Waals surface area contributed by atoms with Crippen molar-refractivity contribution < 1.29 is 4.79 Å². The first-order valence-corrected chi connectivity index (χ1v) is 4.68. The van der Waals surface area contributed by atoms with Gasteiger partial charge in [0.05, 0.1) is 0 Å². The third-order valence-electron chi connectivity index (χ3n) is 2.78. The molecule has 0 saturated carbocycles. The minimum atomic E-state index is 0.276. The van der Waals surface area contributed by atoms with E-state index in [1.807, 2.05) is 0 Å². The third-order valence-corrected chi connectivity index (χ3v) is 2.78. The average Bonchev–Trinajstić information content (AvgIpc) is 2.00. The van der Waals surface area contributed by atoms with E-state index < -0.39 is 0 Å². The SMILES string of the molecule is CC(=O)CC(C)C(C)C(C)CN. The molecule has 2 heteroatoms. The van der Waals surface area contributed by atoms with Crippen molar-refractivity contribution >= 4 is 5.78 Å². The Bertz CT molecular complexity index is 145. The van der Waals surface area contributed by atoms with Crippen molar-refractivity contribution in [2.75, 3.05) is 6.54 Å². The first-order chi connectivity index (χ1) is 5.49. The largest absolute Gasteiger partial charge is 0.330 e. The zero-order valence-electron chi connectivity index (χ0n) is 8.63. The number of Topliss-reactive ketones (excluding diaryl/α,β-unsaturated/α-hetero) is 1. The minimum absolute atomic E-state index is 0.276. The fourth-order valence-electron chi connectivity index (χ4n) is 1.41. The van der Waals surface area contributed by atoms with E-state index in [9.17, 15) is 4.79 Å². The topological polar surface area (TPSA) is 43.1 Å². The molecular weight excluding hydrogens is 150 g/mol. The zero-order valence-corrected chi connectivity index (χ0v) is 8.63. The number of rotatable bonds is 5. The Morgan fingerprint density at radius 1 is 1.25 bits per heavy atom. The van der Waals surface area contributed by atoms with E-state index >= 15 is 0 Å². The maximum Gasteiger partial charge on any atom is 0.130 e. The highest BCUT2D eigenvalue weighted by molar-refractivity contribution is 5.75. The Morgan fingerprint density at radius 3 is 2.08 bits per heavy atom. The van der Waals surface area contributed by atoms with Crippen LogP contribution in [0.3, 0.4) is 0 Å². The summed E-state index contributed by atoms with van der Waals surface area (Å²) in [5.74, 6) is 1.79. The second kappa shape index (κ2) is 5.31. The molecule has 0 aliphatic rings. The van der Waals surface area contributed by atoms with E-state index in [-0.39, 0.29) is 5.78 Å². The Balaban J connectivity index is 3.91. The van der Waals surface area contributed by atoms with Crippen LogP contribution in [-0.2, 0) is 4.79 Å². The summed E-state index contributed by atoms with van der Waals surface area (Å²) >= 11 is 0. The normalized spacial score (nSPS) is 18.4. The second-order valence-corrected chi connectivity index (χ2v) is 3.96. The van der Waals surface area contributed by atoms with Gasteiger partial charge in [0.15, 0.2) is 0 Å². The van der Waals surface area contributed by atoms with Crippen LogP contribution in [0.2, 0.25) is 0 Å². The van der Waals surface area contributed by atoms with Gasteiger partial charge in [-0.1, -0.05) is 20.8 Å². The number of carbonyl (C=O) groups is 1. The molecule has 3 atom stereocenters. The molecule has 0 spiro atoms. The van der Waals surface area contributed by atoms with Gasteiger partial charge in [-0.05, 0) is 31.2 Å². The van der Waals surface area contributed by atoms with Crippen LogP contribution in [0.15, 0.2) is 0 Å². The van der Waals surface area contributed by atoms with Crippen LogP contribution in [-0.4, -0.2) is 12.3 Å². The third kappa shape index (κ3) is 3.86. The summed E-state index contributed by atoms with van der Waals surface area (Å²) in [4.78, 5) is 10.8. The lowest BCUT2D eigenvalue weighted by molar-refractivity contribution is -0.118. The van der Waals surface area contributed by atoms with Crippen molar-refractivity contribution in [1.82, 2.24) is 0 Å².